The molecule has 0 bridgehead atoms. The van der Waals surface area contributed by atoms with Gasteiger partial charge in [-0.05, 0) is 6.42 Å². The van der Waals surface area contributed by atoms with Gasteiger partial charge in [-0.25, -0.2) is 9.69 Å². The lowest BCUT2D eigenvalue weighted by Gasteiger charge is -2.18. The van der Waals surface area contributed by atoms with Crippen molar-refractivity contribution in [3.05, 3.63) is 0 Å². The van der Waals surface area contributed by atoms with Gasteiger partial charge >= 0.3 is 12.3 Å². The zero-order valence-electron chi connectivity index (χ0n) is 7.25. The number of halogens is 3. The fourth-order valence-corrected chi connectivity index (χ4v) is 1.28. The highest BCUT2D eigenvalue weighted by atomic mass is 19.4. The number of alkyl halides is 3. The van der Waals surface area contributed by atoms with Gasteiger partial charge in [0.05, 0.1) is 6.10 Å². The monoisotopic (exact) mass is 213 g/mol. The number of aliphatic carboxylic acids is 1. The Morgan fingerprint density at radius 2 is 2.21 bits per heavy atom. The van der Waals surface area contributed by atoms with E-state index in [0.717, 1.165) is 0 Å². The molecule has 0 aromatic carbocycles. The van der Waals surface area contributed by atoms with Crippen LogP contribution in [0.25, 0.3) is 0 Å². The van der Waals surface area contributed by atoms with Gasteiger partial charge in [0, 0.05) is 13.1 Å². The number of nitrogens with zero attached hydrogens (tertiary/aromatic N) is 1. The van der Waals surface area contributed by atoms with Crippen molar-refractivity contribution in [2.45, 2.75) is 18.8 Å². The van der Waals surface area contributed by atoms with E-state index in [1.807, 2.05) is 0 Å². The van der Waals surface area contributed by atoms with Crippen LogP contribution >= 0.6 is 0 Å². The number of likely N-dealkylation sites (tertiary alicyclic amines) is 1. The Balaban J connectivity index is 2.31. The maximum atomic E-state index is 12.1. The number of hydrogen-bond acceptors (Lipinski definition) is 3. The first-order valence-electron chi connectivity index (χ1n) is 4.05. The van der Waals surface area contributed by atoms with Crippen LogP contribution in [0.1, 0.15) is 6.42 Å². The van der Waals surface area contributed by atoms with Crippen LogP contribution in [0, 0.1) is 0 Å². The Bertz CT molecular complexity index is 219. The SMILES string of the molecule is O=C(O)CO[C@H]1CCN(C(F)(F)F)C1. The molecule has 0 spiro atoms. The van der Waals surface area contributed by atoms with Gasteiger partial charge in [-0.1, -0.05) is 0 Å². The van der Waals surface area contributed by atoms with Crippen LogP contribution < -0.4 is 0 Å². The Hall–Kier alpha value is -0.820. The van der Waals surface area contributed by atoms with E-state index in [9.17, 15) is 18.0 Å². The zero-order chi connectivity index (χ0) is 10.8. The Morgan fingerprint density at radius 1 is 1.57 bits per heavy atom. The first-order valence-corrected chi connectivity index (χ1v) is 4.05. The Labute approximate surface area is 78.2 Å². The van der Waals surface area contributed by atoms with Crippen molar-refractivity contribution in [2.75, 3.05) is 19.7 Å². The molecule has 0 amide bonds. The third kappa shape index (κ3) is 3.15. The van der Waals surface area contributed by atoms with Gasteiger partial charge in [-0.2, -0.15) is 13.2 Å². The summed E-state index contributed by atoms with van der Waals surface area (Å²) >= 11 is 0. The van der Waals surface area contributed by atoms with Gasteiger partial charge in [-0.3, -0.25) is 0 Å². The number of hydrogen-bond donors (Lipinski definition) is 1. The van der Waals surface area contributed by atoms with E-state index < -0.39 is 25.0 Å². The summed E-state index contributed by atoms with van der Waals surface area (Å²) in [6.45, 7) is -0.957. The molecule has 0 aromatic rings. The van der Waals surface area contributed by atoms with Gasteiger partial charge in [0.15, 0.2) is 0 Å². The molecule has 0 radical (unpaired) electrons. The summed E-state index contributed by atoms with van der Waals surface area (Å²) in [5, 5.41) is 8.24. The minimum absolute atomic E-state index is 0.131. The summed E-state index contributed by atoms with van der Waals surface area (Å²) in [5.41, 5.74) is 0. The van der Waals surface area contributed by atoms with E-state index >= 15 is 0 Å². The first-order chi connectivity index (χ1) is 6.39. The zero-order valence-corrected chi connectivity index (χ0v) is 7.25. The molecule has 1 fully saturated rings. The van der Waals surface area contributed by atoms with Crippen molar-refractivity contribution >= 4 is 5.97 Å². The van der Waals surface area contributed by atoms with E-state index in [2.05, 4.69) is 0 Å². The van der Waals surface area contributed by atoms with Crippen molar-refractivity contribution in [3.8, 4) is 0 Å². The van der Waals surface area contributed by atoms with Crippen LogP contribution in [0.15, 0.2) is 0 Å². The van der Waals surface area contributed by atoms with Crippen LogP contribution in [-0.2, 0) is 9.53 Å². The van der Waals surface area contributed by atoms with Gasteiger partial charge < -0.3 is 9.84 Å². The lowest BCUT2D eigenvalue weighted by atomic mass is 10.3. The van der Waals surface area contributed by atoms with Crippen LogP contribution in [0.3, 0.4) is 0 Å². The largest absolute Gasteiger partial charge is 0.480 e. The molecule has 1 rings (SSSR count). The average Bonchev–Trinajstić information content (AvgIpc) is 2.47. The molecule has 0 saturated carbocycles. The molecule has 1 atom stereocenters. The van der Waals surface area contributed by atoms with Crippen molar-refractivity contribution in [3.63, 3.8) is 0 Å². The summed E-state index contributed by atoms with van der Waals surface area (Å²) in [5.74, 6) is -1.17. The summed E-state index contributed by atoms with van der Waals surface area (Å²) in [6, 6.07) is 0. The van der Waals surface area contributed by atoms with Gasteiger partial charge in [0.1, 0.15) is 6.61 Å². The smallest absolute Gasteiger partial charge is 0.460 e. The van der Waals surface area contributed by atoms with Crippen molar-refractivity contribution in [2.24, 2.45) is 0 Å². The first kappa shape index (κ1) is 11.3. The van der Waals surface area contributed by atoms with Crippen LogP contribution in [0.5, 0.6) is 0 Å². The predicted molar refractivity (Wildman–Crippen MR) is 39.6 cm³/mol. The summed E-state index contributed by atoms with van der Waals surface area (Å²) in [6.07, 6.45) is -4.76. The van der Waals surface area contributed by atoms with Crippen LogP contribution in [0.2, 0.25) is 0 Å². The van der Waals surface area contributed by atoms with Crippen LogP contribution in [0.4, 0.5) is 13.2 Å². The highest BCUT2D eigenvalue weighted by Gasteiger charge is 2.42. The molecule has 7 heteroatoms. The molecule has 1 aliphatic rings. The molecule has 1 heterocycles. The molecule has 82 valence electrons. The number of carboxylic acids is 1. The molecule has 0 aromatic heterocycles. The van der Waals surface area contributed by atoms with E-state index in [1.165, 1.54) is 0 Å². The quantitative estimate of drug-likeness (QED) is 0.700. The number of carboxylic acid groups (broad SMARTS) is 1. The van der Waals surface area contributed by atoms with Crippen molar-refractivity contribution in [1.82, 2.24) is 4.90 Å². The number of ether oxygens (including phenoxy) is 1. The maximum absolute atomic E-state index is 12.1. The molecular formula is C7H10F3NO3. The fourth-order valence-electron chi connectivity index (χ4n) is 1.28. The predicted octanol–water partition coefficient (Wildman–Crippen LogP) is 0.682. The molecule has 1 aliphatic heterocycles. The normalized spacial score (nSPS) is 24.1. The molecule has 4 nitrogen and oxygen atoms in total. The van der Waals surface area contributed by atoms with E-state index in [-0.39, 0.29) is 19.5 Å². The second-order valence-corrected chi connectivity index (χ2v) is 3.03. The molecule has 0 aliphatic carbocycles. The van der Waals surface area contributed by atoms with Crippen LogP contribution in [-0.4, -0.2) is 48.1 Å². The Morgan fingerprint density at radius 3 is 2.64 bits per heavy atom. The van der Waals surface area contributed by atoms with Gasteiger partial charge in [0.25, 0.3) is 0 Å². The fraction of sp³-hybridized carbons (Fsp3) is 0.857. The topological polar surface area (TPSA) is 49.8 Å². The lowest BCUT2D eigenvalue weighted by Crippen LogP contribution is -2.36. The third-order valence-electron chi connectivity index (χ3n) is 1.95. The molecule has 0 unspecified atom stereocenters. The summed E-state index contributed by atoms with van der Waals surface area (Å²) < 4.78 is 41.0. The second-order valence-electron chi connectivity index (χ2n) is 3.03. The summed E-state index contributed by atoms with van der Waals surface area (Å²) in [7, 11) is 0. The van der Waals surface area contributed by atoms with E-state index in [0.29, 0.717) is 4.90 Å². The molecular weight excluding hydrogens is 203 g/mol. The highest BCUT2D eigenvalue weighted by molar-refractivity contribution is 5.68. The van der Waals surface area contributed by atoms with Crippen molar-refractivity contribution in [1.29, 1.82) is 0 Å². The van der Waals surface area contributed by atoms with Gasteiger partial charge in [0.2, 0.25) is 0 Å². The summed E-state index contributed by atoms with van der Waals surface area (Å²) in [4.78, 5) is 10.4. The number of rotatable bonds is 3. The van der Waals surface area contributed by atoms with E-state index in [1.54, 1.807) is 0 Å². The Kier molecular flexibility index (Phi) is 3.33. The molecule has 1 saturated heterocycles. The third-order valence-corrected chi connectivity index (χ3v) is 1.95. The number of carbonyl (C=O) groups is 1. The minimum Gasteiger partial charge on any atom is -0.480 e. The average molecular weight is 213 g/mol. The molecule has 1 N–H and O–H groups in total. The highest BCUT2D eigenvalue weighted by Crippen LogP contribution is 2.26. The van der Waals surface area contributed by atoms with Crippen molar-refractivity contribution < 1.29 is 27.8 Å². The lowest BCUT2D eigenvalue weighted by molar-refractivity contribution is -0.240. The van der Waals surface area contributed by atoms with E-state index in [4.69, 9.17) is 9.84 Å². The maximum Gasteiger partial charge on any atom is 0.460 e. The standard InChI is InChI=1S/C7H10F3NO3/c8-7(9,10)11-2-1-5(3-11)14-4-6(12)13/h5H,1-4H2,(H,12,13)/t5-/m0/s1. The minimum atomic E-state index is -4.35. The second kappa shape index (κ2) is 4.14. The van der Waals surface area contributed by atoms with Gasteiger partial charge in [-0.15, -0.1) is 0 Å². The molecule has 14 heavy (non-hydrogen) atoms.